The van der Waals surface area contributed by atoms with E-state index in [1.807, 2.05) is 0 Å². The highest BCUT2D eigenvalue weighted by atomic mass is 35.5. The largest absolute Gasteiger partial charge is 0.497 e. The Balaban J connectivity index is 1.58. The molecule has 12 heteroatoms. The van der Waals surface area contributed by atoms with E-state index in [0.29, 0.717) is 34.2 Å². The number of carboxylic acids is 1. The number of hydrogen-bond donors (Lipinski definition) is 2. The van der Waals surface area contributed by atoms with E-state index in [2.05, 4.69) is 15.2 Å². The third-order valence-corrected chi connectivity index (χ3v) is 6.27. The molecule has 0 amide bonds. The van der Waals surface area contributed by atoms with Crippen LogP contribution in [-0.2, 0) is 9.53 Å². The lowest BCUT2D eigenvalue weighted by molar-refractivity contribution is -0.131. The zero-order valence-electron chi connectivity index (χ0n) is 19.8. The molecule has 2 N–H and O–H groups in total. The van der Waals surface area contributed by atoms with Crippen molar-refractivity contribution in [1.82, 2.24) is 15.2 Å². The highest BCUT2D eigenvalue weighted by molar-refractivity contribution is 8.04. The number of hydrogen-bond acceptors (Lipinski definition) is 9. The molecule has 0 radical (unpaired) electrons. The van der Waals surface area contributed by atoms with E-state index >= 15 is 0 Å². The number of nitrogens with one attached hydrogen (secondary N) is 1. The number of aromatic nitrogens is 3. The summed E-state index contributed by atoms with van der Waals surface area (Å²) in [6.45, 7) is 0. The van der Waals surface area contributed by atoms with Gasteiger partial charge in [-0.15, -0.1) is 5.10 Å². The Labute approximate surface area is 220 Å². The molecule has 0 saturated heterocycles. The molecule has 0 atom stereocenters. The van der Waals surface area contributed by atoms with E-state index in [1.165, 1.54) is 33.5 Å². The number of nitrogens with zero attached hydrogens (tertiary/aromatic N) is 2. The number of ether oxygens (including phenoxy) is 3. The summed E-state index contributed by atoms with van der Waals surface area (Å²) in [6, 6.07) is 13.2. The molecule has 0 spiro atoms. The Bertz CT molecular complexity index is 1470. The van der Waals surface area contributed by atoms with Crippen LogP contribution >= 0.6 is 23.4 Å². The number of aliphatic carboxylic acids is 1. The van der Waals surface area contributed by atoms with Crippen LogP contribution in [0.5, 0.6) is 11.5 Å². The van der Waals surface area contributed by atoms with Crippen LogP contribution < -0.4 is 9.47 Å². The van der Waals surface area contributed by atoms with Crippen molar-refractivity contribution >= 4 is 41.4 Å². The summed E-state index contributed by atoms with van der Waals surface area (Å²) < 4.78 is 21.1. The highest BCUT2D eigenvalue weighted by Crippen LogP contribution is 2.32. The molecule has 4 rings (SSSR count). The van der Waals surface area contributed by atoms with Gasteiger partial charge in [0.25, 0.3) is 0 Å². The zero-order valence-corrected chi connectivity index (χ0v) is 21.3. The number of rotatable bonds is 9. The standard InChI is InChI=1S/C25H20ClN3O7S/c1-33-16-8-14(9-17(11-16)34-2)22-27-25(29-28-22)37-21(23(30)31)12-15-5-7-20(36-15)13-4-6-19(26)18(10-13)24(32)35-3/h4-12H,1-3H3,(H,30,31)(H,27,28,29)/b21-12-. The van der Waals surface area contributed by atoms with Crippen LogP contribution in [0.15, 0.2) is 63.0 Å². The third-order valence-electron chi connectivity index (χ3n) is 5.06. The van der Waals surface area contributed by atoms with Gasteiger partial charge in [-0.1, -0.05) is 11.6 Å². The Morgan fingerprint density at radius 2 is 1.76 bits per heavy atom. The second-order valence-corrected chi connectivity index (χ2v) is 8.79. The van der Waals surface area contributed by atoms with Gasteiger partial charge >= 0.3 is 11.9 Å². The van der Waals surface area contributed by atoms with Crippen LogP contribution in [0.3, 0.4) is 0 Å². The number of carboxylic acid groups (broad SMARTS) is 1. The highest BCUT2D eigenvalue weighted by Gasteiger charge is 2.17. The number of esters is 1. The minimum Gasteiger partial charge on any atom is -0.497 e. The van der Waals surface area contributed by atoms with Crippen molar-refractivity contribution in [1.29, 1.82) is 0 Å². The first-order valence-corrected chi connectivity index (χ1v) is 11.8. The number of benzene rings is 2. The molecule has 10 nitrogen and oxygen atoms in total. The Morgan fingerprint density at radius 3 is 2.41 bits per heavy atom. The average Bonchev–Trinajstić information content (AvgIpc) is 3.57. The maximum atomic E-state index is 11.9. The Morgan fingerprint density at radius 1 is 1.03 bits per heavy atom. The zero-order chi connectivity index (χ0) is 26.5. The lowest BCUT2D eigenvalue weighted by Crippen LogP contribution is -2.02. The molecule has 0 aliphatic carbocycles. The van der Waals surface area contributed by atoms with E-state index in [9.17, 15) is 14.7 Å². The van der Waals surface area contributed by atoms with Crippen molar-refractivity contribution in [2.45, 2.75) is 5.16 Å². The van der Waals surface area contributed by atoms with Crippen molar-refractivity contribution in [3.8, 4) is 34.2 Å². The molecule has 0 fully saturated rings. The number of methoxy groups -OCH3 is 3. The van der Waals surface area contributed by atoms with Crippen molar-refractivity contribution < 1.29 is 33.3 Å². The Kier molecular flexibility index (Phi) is 7.85. The lowest BCUT2D eigenvalue weighted by Gasteiger charge is -2.06. The summed E-state index contributed by atoms with van der Waals surface area (Å²) in [4.78, 5) is 28.2. The van der Waals surface area contributed by atoms with Crippen molar-refractivity contribution in [2.24, 2.45) is 0 Å². The normalized spacial score (nSPS) is 11.3. The van der Waals surface area contributed by atoms with Crippen LogP contribution in [0.1, 0.15) is 16.1 Å². The number of carbonyl (C=O) groups is 2. The van der Waals surface area contributed by atoms with E-state index in [-0.39, 0.29) is 26.4 Å². The minimum absolute atomic E-state index is 0.0685. The fraction of sp³-hybridized carbons (Fsp3) is 0.120. The number of furan rings is 1. The molecule has 37 heavy (non-hydrogen) atoms. The number of halogens is 1. The van der Waals surface area contributed by atoms with E-state index in [0.717, 1.165) is 11.8 Å². The molecular weight excluding hydrogens is 522 g/mol. The first kappa shape index (κ1) is 25.9. The van der Waals surface area contributed by atoms with Crippen molar-refractivity contribution in [3.63, 3.8) is 0 Å². The van der Waals surface area contributed by atoms with Crippen LogP contribution in [0.2, 0.25) is 5.02 Å². The first-order valence-electron chi connectivity index (χ1n) is 10.6. The maximum absolute atomic E-state index is 11.9. The summed E-state index contributed by atoms with van der Waals surface area (Å²) >= 11 is 6.93. The van der Waals surface area contributed by atoms with Gasteiger partial charge in [0, 0.05) is 23.3 Å². The molecule has 2 aromatic heterocycles. The van der Waals surface area contributed by atoms with Crippen LogP contribution in [0.4, 0.5) is 0 Å². The van der Waals surface area contributed by atoms with Gasteiger partial charge in [0.1, 0.15) is 27.9 Å². The van der Waals surface area contributed by atoms with Crippen molar-refractivity contribution in [2.75, 3.05) is 21.3 Å². The van der Waals surface area contributed by atoms with Gasteiger partial charge in [-0.05, 0) is 54.2 Å². The number of H-pyrrole nitrogens is 1. The summed E-state index contributed by atoms with van der Waals surface area (Å²) in [5.74, 6) is 0.475. The maximum Gasteiger partial charge on any atom is 0.342 e. The van der Waals surface area contributed by atoms with Crippen LogP contribution in [0, 0.1) is 0 Å². The predicted octanol–water partition coefficient (Wildman–Crippen LogP) is 5.41. The molecule has 190 valence electrons. The van der Waals surface area contributed by atoms with E-state index in [1.54, 1.807) is 42.5 Å². The summed E-state index contributed by atoms with van der Waals surface area (Å²) in [5.41, 5.74) is 1.41. The van der Waals surface area contributed by atoms with Gasteiger partial charge in [0.2, 0.25) is 5.16 Å². The average molecular weight is 542 g/mol. The monoisotopic (exact) mass is 541 g/mol. The molecule has 0 unspecified atom stereocenters. The molecule has 0 saturated carbocycles. The number of thioether (sulfide) groups is 1. The molecule has 2 heterocycles. The van der Waals surface area contributed by atoms with E-state index < -0.39 is 11.9 Å². The van der Waals surface area contributed by atoms with Gasteiger partial charge < -0.3 is 23.7 Å². The smallest absolute Gasteiger partial charge is 0.342 e. The van der Waals surface area contributed by atoms with Crippen LogP contribution in [0.25, 0.3) is 28.8 Å². The first-order chi connectivity index (χ1) is 17.8. The fourth-order valence-corrected chi connectivity index (χ4v) is 4.14. The topological polar surface area (TPSA) is 137 Å². The molecule has 0 aliphatic heterocycles. The third kappa shape index (κ3) is 5.96. The summed E-state index contributed by atoms with van der Waals surface area (Å²) in [5, 5.41) is 17.1. The van der Waals surface area contributed by atoms with Gasteiger partial charge in [0.05, 0.1) is 31.9 Å². The second kappa shape index (κ2) is 11.2. The molecule has 4 aromatic rings. The van der Waals surface area contributed by atoms with Gasteiger partial charge in [0.15, 0.2) is 5.82 Å². The fourth-order valence-electron chi connectivity index (χ4n) is 3.26. The number of aromatic amines is 1. The molecular formula is C25H20ClN3O7S. The minimum atomic E-state index is -1.18. The second-order valence-electron chi connectivity index (χ2n) is 7.37. The van der Waals surface area contributed by atoms with Crippen LogP contribution in [-0.4, -0.2) is 53.6 Å². The summed E-state index contributed by atoms with van der Waals surface area (Å²) in [7, 11) is 4.33. The molecule has 0 bridgehead atoms. The lowest BCUT2D eigenvalue weighted by atomic mass is 10.1. The SMILES string of the molecule is COC(=O)c1cc(-c2ccc(/C=C(\Sc3n[nH]c(-c4cc(OC)cc(OC)c4)n3)C(=O)O)o2)ccc1Cl. The van der Waals surface area contributed by atoms with Gasteiger partial charge in [-0.3, -0.25) is 5.10 Å². The van der Waals surface area contributed by atoms with Gasteiger partial charge in [-0.2, -0.15) is 0 Å². The number of carbonyl (C=O) groups excluding carboxylic acids is 1. The van der Waals surface area contributed by atoms with Gasteiger partial charge in [-0.25, -0.2) is 14.6 Å². The predicted molar refractivity (Wildman–Crippen MR) is 137 cm³/mol. The van der Waals surface area contributed by atoms with Crippen molar-refractivity contribution in [3.05, 3.63) is 69.8 Å². The molecule has 2 aromatic carbocycles. The Hall–Kier alpha value is -4.22. The molecule has 0 aliphatic rings. The quantitative estimate of drug-likeness (QED) is 0.161. The summed E-state index contributed by atoms with van der Waals surface area (Å²) in [6.07, 6.45) is 1.36. The van der Waals surface area contributed by atoms with E-state index in [4.69, 9.17) is 30.2 Å².